The molecule has 0 radical (unpaired) electrons. The van der Waals surface area contributed by atoms with Crippen LogP contribution in [0.5, 0.6) is 0 Å². The first-order valence-corrected chi connectivity index (χ1v) is 6.27. The molecule has 0 spiro atoms. The molecule has 2 aromatic rings. The Hall–Kier alpha value is -2.08. The zero-order chi connectivity index (χ0) is 13.0. The average Bonchev–Trinajstić information content (AvgIpc) is 2.99. The summed E-state index contributed by atoms with van der Waals surface area (Å²) in [4.78, 5) is 22.8. The molecule has 0 bridgehead atoms. The first-order chi connectivity index (χ1) is 8.68. The molecule has 18 heavy (non-hydrogen) atoms. The first-order valence-electron chi connectivity index (χ1n) is 5.39. The standard InChI is InChI=1S/C12H12N2O3S/c15-10(16)3-5-13-12(17)11-9(4-8-18-11)14-6-1-2-7-14/h1-2,4,6-8H,3,5H2,(H,13,17)(H,15,16). The Balaban J connectivity index is 2.07. The highest BCUT2D eigenvalue weighted by molar-refractivity contribution is 7.12. The number of hydrogen-bond donors (Lipinski definition) is 2. The van der Waals surface area contributed by atoms with E-state index in [4.69, 9.17) is 5.11 Å². The van der Waals surface area contributed by atoms with Gasteiger partial charge in [0.1, 0.15) is 4.88 Å². The molecule has 0 saturated heterocycles. The summed E-state index contributed by atoms with van der Waals surface area (Å²) in [5.41, 5.74) is 0.804. The summed E-state index contributed by atoms with van der Waals surface area (Å²) in [6.07, 6.45) is 3.64. The highest BCUT2D eigenvalue weighted by atomic mass is 32.1. The molecule has 0 fully saturated rings. The summed E-state index contributed by atoms with van der Waals surface area (Å²) in [6.45, 7) is 0.136. The van der Waals surface area contributed by atoms with E-state index in [1.807, 2.05) is 40.5 Å². The van der Waals surface area contributed by atoms with Crippen LogP contribution in [-0.2, 0) is 4.79 Å². The summed E-state index contributed by atoms with van der Waals surface area (Å²) in [5, 5.41) is 12.9. The Kier molecular flexibility index (Phi) is 3.78. The third kappa shape index (κ3) is 2.78. The van der Waals surface area contributed by atoms with E-state index >= 15 is 0 Å². The SMILES string of the molecule is O=C(O)CCNC(=O)c1sccc1-n1cccc1. The molecule has 0 aliphatic rings. The number of carboxylic acids is 1. The van der Waals surface area contributed by atoms with Gasteiger partial charge in [-0.25, -0.2) is 0 Å². The molecule has 2 heterocycles. The molecular weight excluding hydrogens is 252 g/mol. The fraction of sp³-hybridized carbons (Fsp3) is 0.167. The van der Waals surface area contributed by atoms with Crippen molar-refractivity contribution in [1.29, 1.82) is 0 Å². The third-order valence-electron chi connectivity index (χ3n) is 2.36. The summed E-state index contributed by atoms with van der Waals surface area (Å²) in [6, 6.07) is 5.62. The van der Waals surface area contributed by atoms with Gasteiger partial charge in [-0.15, -0.1) is 11.3 Å². The Bertz CT molecular complexity index is 545. The lowest BCUT2D eigenvalue weighted by atomic mass is 10.3. The van der Waals surface area contributed by atoms with Crippen molar-refractivity contribution in [3.05, 3.63) is 40.8 Å². The van der Waals surface area contributed by atoms with Crippen molar-refractivity contribution in [2.75, 3.05) is 6.54 Å². The molecule has 0 aromatic carbocycles. The molecule has 0 aliphatic carbocycles. The van der Waals surface area contributed by atoms with Crippen molar-refractivity contribution in [3.8, 4) is 5.69 Å². The van der Waals surface area contributed by atoms with Crippen molar-refractivity contribution in [2.24, 2.45) is 0 Å². The minimum Gasteiger partial charge on any atom is -0.481 e. The van der Waals surface area contributed by atoms with E-state index in [0.717, 1.165) is 5.69 Å². The molecule has 6 heteroatoms. The van der Waals surface area contributed by atoms with Crippen LogP contribution in [0.4, 0.5) is 0 Å². The highest BCUT2D eigenvalue weighted by Crippen LogP contribution is 2.21. The maximum Gasteiger partial charge on any atom is 0.305 e. The van der Waals surface area contributed by atoms with Crippen molar-refractivity contribution in [2.45, 2.75) is 6.42 Å². The largest absolute Gasteiger partial charge is 0.481 e. The number of thiophene rings is 1. The Morgan fingerprint density at radius 2 is 2.06 bits per heavy atom. The molecule has 2 N–H and O–H groups in total. The number of aliphatic carboxylic acids is 1. The second kappa shape index (κ2) is 5.50. The number of carbonyl (C=O) groups excluding carboxylic acids is 1. The lowest BCUT2D eigenvalue weighted by Crippen LogP contribution is -2.26. The van der Waals surface area contributed by atoms with Crippen molar-refractivity contribution < 1.29 is 14.7 Å². The summed E-state index contributed by atoms with van der Waals surface area (Å²) >= 11 is 1.33. The van der Waals surface area contributed by atoms with Crippen LogP contribution < -0.4 is 5.32 Å². The molecule has 0 unspecified atom stereocenters. The van der Waals surface area contributed by atoms with E-state index in [9.17, 15) is 9.59 Å². The van der Waals surface area contributed by atoms with E-state index < -0.39 is 5.97 Å². The smallest absolute Gasteiger partial charge is 0.305 e. The van der Waals surface area contributed by atoms with E-state index in [1.165, 1.54) is 11.3 Å². The lowest BCUT2D eigenvalue weighted by Gasteiger charge is -2.05. The van der Waals surface area contributed by atoms with Gasteiger partial charge in [-0.1, -0.05) is 0 Å². The molecule has 0 saturated carbocycles. The molecule has 5 nitrogen and oxygen atoms in total. The van der Waals surface area contributed by atoms with Crippen LogP contribution in [-0.4, -0.2) is 28.1 Å². The quantitative estimate of drug-likeness (QED) is 0.864. The highest BCUT2D eigenvalue weighted by Gasteiger charge is 2.13. The van der Waals surface area contributed by atoms with Gasteiger partial charge in [-0.3, -0.25) is 9.59 Å². The Morgan fingerprint density at radius 3 is 2.72 bits per heavy atom. The van der Waals surface area contributed by atoms with Gasteiger partial charge >= 0.3 is 5.97 Å². The van der Waals surface area contributed by atoms with Crippen LogP contribution in [0, 0.1) is 0 Å². The number of rotatable bonds is 5. The minimum absolute atomic E-state index is 0.0734. The van der Waals surface area contributed by atoms with Gasteiger partial charge in [-0.2, -0.15) is 0 Å². The van der Waals surface area contributed by atoms with Crippen LogP contribution in [0.15, 0.2) is 36.0 Å². The van der Waals surface area contributed by atoms with Crippen LogP contribution >= 0.6 is 11.3 Å². The Morgan fingerprint density at radius 1 is 1.33 bits per heavy atom. The van der Waals surface area contributed by atoms with Crippen LogP contribution in [0.25, 0.3) is 5.69 Å². The summed E-state index contributed by atoms with van der Waals surface area (Å²) in [5.74, 6) is -1.16. The van der Waals surface area contributed by atoms with E-state index in [1.54, 1.807) is 0 Å². The van der Waals surface area contributed by atoms with E-state index in [2.05, 4.69) is 5.32 Å². The average molecular weight is 264 g/mol. The number of nitrogens with one attached hydrogen (secondary N) is 1. The Labute approximate surface area is 108 Å². The number of nitrogens with zero attached hydrogens (tertiary/aromatic N) is 1. The van der Waals surface area contributed by atoms with Gasteiger partial charge in [-0.05, 0) is 23.6 Å². The van der Waals surface area contributed by atoms with Gasteiger partial charge in [0.05, 0.1) is 12.1 Å². The lowest BCUT2D eigenvalue weighted by molar-refractivity contribution is -0.136. The zero-order valence-electron chi connectivity index (χ0n) is 9.50. The van der Waals surface area contributed by atoms with Gasteiger partial charge in [0, 0.05) is 18.9 Å². The van der Waals surface area contributed by atoms with Gasteiger partial charge < -0.3 is 15.0 Å². The molecular formula is C12H12N2O3S. The number of carbonyl (C=O) groups is 2. The fourth-order valence-electron chi connectivity index (χ4n) is 1.53. The minimum atomic E-state index is -0.924. The molecule has 2 rings (SSSR count). The second-order valence-corrected chi connectivity index (χ2v) is 4.54. The van der Waals surface area contributed by atoms with Crippen LogP contribution in [0.1, 0.15) is 16.1 Å². The zero-order valence-corrected chi connectivity index (χ0v) is 10.3. The van der Waals surface area contributed by atoms with Gasteiger partial charge in [0.15, 0.2) is 0 Å². The molecule has 0 atom stereocenters. The number of amides is 1. The number of aromatic nitrogens is 1. The molecule has 0 aliphatic heterocycles. The van der Waals surface area contributed by atoms with Crippen molar-refractivity contribution >= 4 is 23.2 Å². The predicted octanol–water partition coefficient (Wildman–Crippen LogP) is 1.74. The van der Waals surface area contributed by atoms with Crippen molar-refractivity contribution in [3.63, 3.8) is 0 Å². The van der Waals surface area contributed by atoms with E-state index in [0.29, 0.717) is 4.88 Å². The monoisotopic (exact) mass is 264 g/mol. The number of carboxylic acid groups (broad SMARTS) is 1. The maximum atomic E-state index is 11.9. The van der Waals surface area contributed by atoms with E-state index in [-0.39, 0.29) is 18.9 Å². The van der Waals surface area contributed by atoms with Crippen LogP contribution in [0.2, 0.25) is 0 Å². The summed E-state index contributed by atoms with van der Waals surface area (Å²) in [7, 11) is 0. The maximum absolute atomic E-state index is 11.9. The van der Waals surface area contributed by atoms with Gasteiger partial charge in [0.25, 0.3) is 5.91 Å². The normalized spacial score (nSPS) is 10.2. The van der Waals surface area contributed by atoms with Crippen LogP contribution in [0.3, 0.4) is 0 Å². The third-order valence-corrected chi connectivity index (χ3v) is 3.26. The molecule has 1 amide bonds. The fourth-order valence-corrected chi connectivity index (χ4v) is 2.34. The second-order valence-electron chi connectivity index (χ2n) is 3.62. The first kappa shape index (κ1) is 12.4. The molecule has 94 valence electrons. The predicted molar refractivity (Wildman–Crippen MR) is 68.2 cm³/mol. The van der Waals surface area contributed by atoms with Crippen molar-refractivity contribution in [1.82, 2.24) is 9.88 Å². The molecule has 2 aromatic heterocycles. The number of hydrogen-bond acceptors (Lipinski definition) is 3. The summed E-state index contributed by atoms with van der Waals surface area (Å²) < 4.78 is 1.85. The topological polar surface area (TPSA) is 71.3 Å². The van der Waals surface area contributed by atoms with Gasteiger partial charge in [0.2, 0.25) is 0 Å².